The maximum atomic E-state index is 12.0. The van der Waals surface area contributed by atoms with Crippen LogP contribution in [0.5, 0.6) is 5.88 Å². The third kappa shape index (κ3) is 2.85. The van der Waals surface area contributed by atoms with E-state index < -0.39 is 0 Å². The largest absolute Gasteiger partial charge is 0.481 e. The lowest BCUT2D eigenvalue weighted by Gasteiger charge is -2.06. The van der Waals surface area contributed by atoms with E-state index in [-0.39, 0.29) is 5.91 Å². The summed E-state index contributed by atoms with van der Waals surface area (Å²) in [5, 5.41) is 2.83. The van der Waals surface area contributed by atoms with Gasteiger partial charge in [-0.15, -0.1) is 0 Å². The van der Waals surface area contributed by atoms with Crippen molar-refractivity contribution >= 4 is 11.6 Å². The minimum Gasteiger partial charge on any atom is -0.481 e. The summed E-state index contributed by atoms with van der Waals surface area (Å²) in [6.07, 6.45) is 1.55. The molecule has 1 amide bonds. The fourth-order valence-corrected chi connectivity index (χ4v) is 1.59. The van der Waals surface area contributed by atoms with Crippen LogP contribution in [0.25, 0.3) is 0 Å². The van der Waals surface area contributed by atoms with Crippen LogP contribution in [0.2, 0.25) is 0 Å². The summed E-state index contributed by atoms with van der Waals surface area (Å²) in [7, 11) is 1.52. The van der Waals surface area contributed by atoms with Gasteiger partial charge in [-0.25, -0.2) is 4.98 Å². The van der Waals surface area contributed by atoms with Crippen LogP contribution in [0, 0.1) is 6.92 Å². The quantitative estimate of drug-likeness (QED) is 0.900. The minimum atomic E-state index is -0.179. The van der Waals surface area contributed by atoms with E-state index in [1.165, 1.54) is 7.11 Å². The van der Waals surface area contributed by atoms with Gasteiger partial charge in [-0.1, -0.05) is 12.1 Å². The topological polar surface area (TPSA) is 51.2 Å². The Hall–Kier alpha value is -2.36. The summed E-state index contributed by atoms with van der Waals surface area (Å²) in [6.45, 7) is 1.98. The first-order valence-corrected chi connectivity index (χ1v) is 5.57. The zero-order valence-corrected chi connectivity index (χ0v) is 10.3. The molecule has 0 atom stereocenters. The molecule has 2 aromatic rings. The Morgan fingerprint density at radius 2 is 2.11 bits per heavy atom. The number of carbonyl (C=O) groups excluding carboxylic acids is 1. The van der Waals surface area contributed by atoms with E-state index in [9.17, 15) is 4.79 Å². The molecule has 1 N–H and O–H groups in total. The molecular weight excluding hydrogens is 228 g/mol. The SMILES string of the molecule is COc1cc(C(=O)Nc2cccc(C)c2)ccn1. The first-order chi connectivity index (χ1) is 8.69. The minimum absolute atomic E-state index is 0.179. The monoisotopic (exact) mass is 242 g/mol. The molecule has 0 aliphatic rings. The molecule has 0 bridgehead atoms. The van der Waals surface area contributed by atoms with Crippen molar-refractivity contribution < 1.29 is 9.53 Å². The number of methoxy groups -OCH3 is 1. The molecule has 18 heavy (non-hydrogen) atoms. The average molecular weight is 242 g/mol. The van der Waals surface area contributed by atoms with Crippen LogP contribution in [0.4, 0.5) is 5.69 Å². The molecule has 92 valence electrons. The van der Waals surface area contributed by atoms with Crippen molar-refractivity contribution in [2.75, 3.05) is 12.4 Å². The first kappa shape index (κ1) is 12.1. The van der Waals surface area contributed by atoms with Gasteiger partial charge in [0.05, 0.1) is 7.11 Å². The standard InChI is InChI=1S/C14H14N2O2/c1-10-4-3-5-12(8-10)16-14(17)11-6-7-15-13(9-11)18-2/h3-9H,1-2H3,(H,16,17). The van der Waals surface area contributed by atoms with E-state index in [0.29, 0.717) is 11.4 Å². The normalized spacial score (nSPS) is 9.89. The number of nitrogens with one attached hydrogen (secondary N) is 1. The summed E-state index contributed by atoms with van der Waals surface area (Å²) in [4.78, 5) is 16.0. The Bertz CT molecular complexity index is 567. The van der Waals surface area contributed by atoms with Crippen molar-refractivity contribution in [3.8, 4) is 5.88 Å². The molecule has 1 heterocycles. The second-order valence-corrected chi connectivity index (χ2v) is 3.91. The number of anilines is 1. The molecule has 0 saturated carbocycles. The third-order valence-electron chi connectivity index (χ3n) is 2.48. The van der Waals surface area contributed by atoms with E-state index >= 15 is 0 Å². The van der Waals surface area contributed by atoms with Crippen LogP contribution in [-0.4, -0.2) is 18.0 Å². The summed E-state index contributed by atoms with van der Waals surface area (Å²) >= 11 is 0. The fraction of sp³-hybridized carbons (Fsp3) is 0.143. The van der Waals surface area contributed by atoms with Crippen molar-refractivity contribution in [3.63, 3.8) is 0 Å². The Morgan fingerprint density at radius 1 is 1.28 bits per heavy atom. The molecule has 0 aliphatic carbocycles. The van der Waals surface area contributed by atoms with Crippen LogP contribution >= 0.6 is 0 Å². The number of hydrogen-bond acceptors (Lipinski definition) is 3. The van der Waals surface area contributed by atoms with Crippen LogP contribution in [0.15, 0.2) is 42.6 Å². The summed E-state index contributed by atoms with van der Waals surface area (Å²) in [5.41, 5.74) is 2.39. The number of benzene rings is 1. The van der Waals surface area contributed by atoms with Gasteiger partial charge in [0.1, 0.15) is 0 Å². The van der Waals surface area contributed by atoms with Gasteiger partial charge >= 0.3 is 0 Å². The Labute approximate surface area is 106 Å². The second kappa shape index (κ2) is 5.31. The lowest BCUT2D eigenvalue weighted by atomic mass is 10.2. The van der Waals surface area contributed by atoms with Gasteiger partial charge in [-0.05, 0) is 30.7 Å². The van der Waals surface area contributed by atoms with Gasteiger partial charge in [0.15, 0.2) is 0 Å². The lowest BCUT2D eigenvalue weighted by Crippen LogP contribution is -2.12. The van der Waals surface area contributed by atoms with E-state index in [0.717, 1.165) is 11.3 Å². The van der Waals surface area contributed by atoms with Crippen molar-refractivity contribution in [2.24, 2.45) is 0 Å². The van der Waals surface area contributed by atoms with Gasteiger partial charge in [-0.2, -0.15) is 0 Å². The summed E-state index contributed by atoms with van der Waals surface area (Å²) < 4.78 is 4.98. The number of hydrogen-bond donors (Lipinski definition) is 1. The summed E-state index contributed by atoms with van der Waals surface area (Å²) in [6, 6.07) is 10.9. The number of carbonyl (C=O) groups is 1. The zero-order chi connectivity index (χ0) is 13.0. The number of pyridine rings is 1. The Morgan fingerprint density at radius 3 is 2.83 bits per heavy atom. The van der Waals surface area contributed by atoms with Gasteiger partial charge in [0, 0.05) is 23.5 Å². The van der Waals surface area contributed by atoms with Gasteiger partial charge in [0.25, 0.3) is 5.91 Å². The number of amides is 1. The molecule has 1 aromatic carbocycles. The number of aromatic nitrogens is 1. The van der Waals surface area contributed by atoms with Crippen LogP contribution in [-0.2, 0) is 0 Å². The Balaban J connectivity index is 2.16. The molecule has 4 nitrogen and oxygen atoms in total. The molecular formula is C14H14N2O2. The van der Waals surface area contributed by atoms with E-state index in [1.54, 1.807) is 18.3 Å². The van der Waals surface area contributed by atoms with Gasteiger partial charge < -0.3 is 10.1 Å². The molecule has 2 rings (SSSR count). The third-order valence-corrected chi connectivity index (χ3v) is 2.48. The predicted molar refractivity (Wildman–Crippen MR) is 69.9 cm³/mol. The van der Waals surface area contributed by atoms with Crippen LogP contribution in [0.1, 0.15) is 15.9 Å². The molecule has 0 fully saturated rings. The van der Waals surface area contributed by atoms with Crippen molar-refractivity contribution in [1.29, 1.82) is 0 Å². The van der Waals surface area contributed by atoms with Crippen molar-refractivity contribution in [3.05, 3.63) is 53.7 Å². The highest BCUT2D eigenvalue weighted by Crippen LogP contribution is 2.13. The molecule has 0 radical (unpaired) electrons. The molecule has 1 aromatic heterocycles. The van der Waals surface area contributed by atoms with E-state index in [2.05, 4.69) is 10.3 Å². The van der Waals surface area contributed by atoms with Crippen LogP contribution in [0.3, 0.4) is 0 Å². The second-order valence-electron chi connectivity index (χ2n) is 3.91. The zero-order valence-electron chi connectivity index (χ0n) is 10.3. The smallest absolute Gasteiger partial charge is 0.255 e. The highest BCUT2D eigenvalue weighted by atomic mass is 16.5. The summed E-state index contributed by atoms with van der Waals surface area (Å²) in [5.74, 6) is 0.244. The molecule has 0 saturated heterocycles. The van der Waals surface area contributed by atoms with Crippen LogP contribution < -0.4 is 10.1 Å². The Kier molecular flexibility index (Phi) is 3.57. The number of nitrogens with zero attached hydrogens (tertiary/aromatic N) is 1. The molecule has 4 heteroatoms. The van der Waals surface area contributed by atoms with Crippen molar-refractivity contribution in [1.82, 2.24) is 4.98 Å². The molecule has 0 spiro atoms. The van der Waals surface area contributed by atoms with Gasteiger partial charge in [0.2, 0.25) is 5.88 Å². The average Bonchev–Trinajstić information content (AvgIpc) is 2.39. The molecule has 0 aliphatic heterocycles. The fourth-order valence-electron chi connectivity index (χ4n) is 1.59. The maximum absolute atomic E-state index is 12.0. The number of aryl methyl sites for hydroxylation is 1. The van der Waals surface area contributed by atoms with E-state index in [1.807, 2.05) is 31.2 Å². The first-order valence-electron chi connectivity index (χ1n) is 5.57. The van der Waals surface area contributed by atoms with Crippen molar-refractivity contribution in [2.45, 2.75) is 6.92 Å². The maximum Gasteiger partial charge on any atom is 0.255 e. The lowest BCUT2D eigenvalue weighted by molar-refractivity contribution is 0.102. The highest BCUT2D eigenvalue weighted by Gasteiger charge is 2.07. The number of ether oxygens (including phenoxy) is 1. The predicted octanol–water partition coefficient (Wildman–Crippen LogP) is 2.65. The van der Waals surface area contributed by atoms with Gasteiger partial charge in [-0.3, -0.25) is 4.79 Å². The van der Waals surface area contributed by atoms with E-state index in [4.69, 9.17) is 4.74 Å². The number of rotatable bonds is 3. The molecule has 0 unspecified atom stereocenters. The highest BCUT2D eigenvalue weighted by molar-refractivity contribution is 6.04.